The van der Waals surface area contributed by atoms with E-state index in [4.69, 9.17) is 11.6 Å². The van der Waals surface area contributed by atoms with Crippen LogP contribution in [-0.4, -0.2) is 11.5 Å². The van der Waals surface area contributed by atoms with E-state index in [1.54, 1.807) is 20.8 Å². The maximum atomic E-state index is 10.6. The van der Waals surface area contributed by atoms with Gasteiger partial charge >= 0.3 is 5.97 Å². The van der Waals surface area contributed by atoms with E-state index in [0.717, 1.165) is 0 Å². The number of hydrogen-bond donors (Lipinski definition) is 0. The number of esters is 1. The van der Waals surface area contributed by atoms with Crippen molar-refractivity contribution >= 4 is 17.6 Å². The van der Waals surface area contributed by atoms with Gasteiger partial charge in [-0.2, -0.15) is 0 Å². The normalized spacial score (nSPS) is 13.4. The van der Waals surface area contributed by atoms with Crippen molar-refractivity contribution in [3.8, 4) is 0 Å². The Morgan fingerprint density at radius 3 is 2.00 bits per heavy atom. The SMILES string of the molecule is CC(C)C(=O)O[C@@H](C)Cl. The molecule has 0 bridgehead atoms. The Balaban J connectivity index is 3.51. The average Bonchev–Trinajstić information content (AvgIpc) is 1.63. The van der Waals surface area contributed by atoms with E-state index in [1.807, 2.05) is 0 Å². The molecule has 0 aliphatic heterocycles. The lowest BCUT2D eigenvalue weighted by atomic mass is 10.2. The highest BCUT2D eigenvalue weighted by atomic mass is 35.5. The van der Waals surface area contributed by atoms with Crippen LogP contribution >= 0.6 is 11.6 Å². The first kappa shape index (κ1) is 8.76. The fraction of sp³-hybridized carbons (Fsp3) is 0.833. The molecule has 0 N–H and O–H groups in total. The topological polar surface area (TPSA) is 26.3 Å². The average molecular weight is 151 g/mol. The summed E-state index contributed by atoms with van der Waals surface area (Å²) >= 11 is 5.37. The van der Waals surface area contributed by atoms with Crippen LogP contribution in [0.15, 0.2) is 0 Å². The van der Waals surface area contributed by atoms with Crippen molar-refractivity contribution in [1.82, 2.24) is 0 Å². The molecule has 0 rings (SSSR count). The Hall–Kier alpha value is -0.240. The van der Waals surface area contributed by atoms with E-state index in [2.05, 4.69) is 4.74 Å². The van der Waals surface area contributed by atoms with E-state index < -0.39 is 5.56 Å². The molecule has 1 atom stereocenters. The molecule has 0 heterocycles. The molecule has 0 fully saturated rings. The van der Waals surface area contributed by atoms with E-state index in [-0.39, 0.29) is 11.9 Å². The minimum atomic E-state index is -0.514. The van der Waals surface area contributed by atoms with Gasteiger partial charge < -0.3 is 4.74 Å². The predicted octanol–water partition coefficient (Wildman–Crippen LogP) is 1.77. The molecule has 3 heteroatoms. The lowest BCUT2D eigenvalue weighted by Crippen LogP contribution is -2.14. The zero-order valence-corrected chi connectivity index (χ0v) is 6.61. The van der Waals surface area contributed by atoms with Gasteiger partial charge in [0.2, 0.25) is 0 Å². The minimum absolute atomic E-state index is 0.0915. The van der Waals surface area contributed by atoms with Crippen LogP contribution in [0.5, 0.6) is 0 Å². The molecule has 0 amide bonds. The second kappa shape index (κ2) is 3.72. The van der Waals surface area contributed by atoms with E-state index >= 15 is 0 Å². The number of alkyl halides is 1. The van der Waals surface area contributed by atoms with Crippen molar-refractivity contribution in [2.24, 2.45) is 5.92 Å². The van der Waals surface area contributed by atoms with Gasteiger partial charge in [-0.3, -0.25) is 4.79 Å². The molecule has 0 radical (unpaired) electrons. The largest absolute Gasteiger partial charge is 0.446 e. The zero-order chi connectivity index (χ0) is 7.44. The Kier molecular flexibility index (Phi) is 3.62. The summed E-state index contributed by atoms with van der Waals surface area (Å²) in [4.78, 5) is 10.6. The Labute approximate surface area is 60.1 Å². The van der Waals surface area contributed by atoms with Crippen LogP contribution in [0.2, 0.25) is 0 Å². The molecule has 9 heavy (non-hydrogen) atoms. The number of halogens is 1. The molecule has 2 nitrogen and oxygen atoms in total. The third-order valence-corrected chi connectivity index (χ3v) is 0.839. The number of hydrogen-bond acceptors (Lipinski definition) is 2. The van der Waals surface area contributed by atoms with E-state index in [1.165, 1.54) is 0 Å². The van der Waals surface area contributed by atoms with E-state index in [9.17, 15) is 4.79 Å². The molecular formula is C6H11ClO2. The number of carbonyl (C=O) groups excluding carboxylic acids is 1. The van der Waals surface area contributed by atoms with Gasteiger partial charge in [0.15, 0.2) is 5.56 Å². The zero-order valence-electron chi connectivity index (χ0n) is 5.85. The maximum absolute atomic E-state index is 10.6. The van der Waals surface area contributed by atoms with Gasteiger partial charge in [0.05, 0.1) is 5.92 Å². The molecule has 0 aliphatic rings. The molecule has 0 aromatic carbocycles. The smallest absolute Gasteiger partial charge is 0.309 e. The van der Waals surface area contributed by atoms with Gasteiger partial charge in [0, 0.05) is 0 Å². The second-order valence-electron chi connectivity index (χ2n) is 2.13. The summed E-state index contributed by atoms with van der Waals surface area (Å²) < 4.78 is 4.64. The summed E-state index contributed by atoms with van der Waals surface area (Å²) in [7, 11) is 0. The van der Waals surface area contributed by atoms with Gasteiger partial charge in [-0.1, -0.05) is 25.4 Å². The van der Waals surface area contributed by atoms with Gasteiger partial charge in [0.25, 0.3) is 0 Å². The third-order valence-electron chi connectivity index (χ3n) is 0.750. The summed E-state index contributed by atoms with van der Waals surface area (Å²) in [6, 6.07) is 0. The third kappa shape index (κ3) is 4.28. The molecule has 0 aromatic rings. The lowest BCUT2D eigenvalue weighted by Gasteiger charge is -2.07. The standard InChI is InChI=1S/C6H11ClO2/c1-4(2)6(8)9-5(3)7/h4-5H,1-3H3/t5-/m0/s1. The summed E-state index contributed by atoms with van der Waals surface area (Å²) in [5.41, 5.74) is -0.514. The Bertz CT molecular complexity index is 99.2. The van der Waals surface area contributed by atoms with Crippen molar-refractivity contribution in [3.05, 3.63) is 0 Å². The first-order chi connectivity index (χ1) is 4.04. The van der Waals surface area contributed by atoms with E-state index in [0.29, 0.717) is 0 Å². The van der Waals surface area contributed by atoms with Crippen LogP contribution in [0.1, 0.15) is 20.8 Å². The summed E-state index contributed by atoms with van der Waals surface area (Å²) in [6.45, 7) is 5.14. The highest BCUT2D eigenvalue weighted by Crippen LogP contribution is 2.02. The first-order valence-corrected chi connectivity index (χ1v) is 3.32. The van der Waals surface area contributed by atoms with Crippen molar-refractivity contribution in [2.45, 2.75) is 26.3 Å². The van der Waals surface area contributed by atoms with Crippen molar-refractivity contribution in [3.63, 3.8) is 0 Å². The second-order valence-corrected chi connectivity index (χ2v) is 2.75. The summed E-state index contributed by atoms with van der Waals surface area (Å²) in [5.74, 6) is -0.344. The van der Waals surface area contributed by atoms with Crippen LogP contribution in [0.25, 0.3) is 0 Å². The number of ether oxygens (including phenoxy) is 1. The number of carbonyl (C=O) groups is 1. The van der Waals surface area contributed by atoms with Crippen LogP contribution in [0.4, 0.5) is 0 Å². The maximum Gasteiger partial charge on any atom is 0.309 e. The molecule has 0 aliphatic carbocycles. The van der Waals surface area contributed by atoms with Crippen molar-refractivity contribution in [1.29, 1.82) is 0 Å². The molecular weight excluding hydrogens is 140 g/mol. The van der Waals surface area contributed by atoms with Gasteiger partial charge in [-0.25, -0.2) is 0 Å². The molecule has 0 spiro atoms. The summed E-state index contributed by atoms with van der Waals surface area (Å²) in [6.07, 6.45) is 0. The van der Waals surface area contributed by atoms with Crippen LogP contribution in [-0.2, 0) is 9.53 Å². The fourth-order valence-electron chi connectivity index (χ4n) is 0.296. The van der Waals surface area contributed by atoms with Crippen LogP contribution in [0.3, 0.4) is 0 Å². The summed E-state index contributed by atoms with van der Waals surface area (Å²) in [5, 5.41) is 0. The highest BCUT2D eigenvalue weighted by Gasteiger charge is 2.09. The van der Waals surface area contributed by atoms with Crippen molar-refractivity contribution < 1.29 is 9.53 Å². The predicted molar refractivity (Wildman–Crippen MR) is 36.2 cm³/mol. The van der Waals surface area contributed by atoms with Crippen molar-refractivity contribution in [2.75, 3.05) is 0 Å². The van der Waals surface area contributed by atoms with Crippen LogP contribution < -0.4 is 0 Å². The lowest BCUT2D eigenvalue weighted by molar-refractivity contribution is -0.148. The van der Waals surface area contributed by atoms with Gasteiger partial charge in [0.1, 0.15) is 0 Å². The Morgan fingerprint density at radius 2 is 1.89 bits per heavy atom. The van der Waals surface area contributed by atoms with Gasteiger partial charge in [-0.05, 0) is 6.92 Å². The quantitative estimate of drug-likeness (QED) is 0.443. The molecule has 0 saturated heterocycles. The Morgan fingerprint density at radius 1 is 1.44 bits per heavy atom. The van der Waals surface area contributed by atoms with Gasteiger partial charge in [-0.15, -0.1) is 0 Å². The monoisotopic (exact) mass is 150 g/mol. The first-order valence-electron chi connectivity index (χ1n) is 2.88. The number of rotatable bonds is 2. The minimum Gasteiger partial charge on any atom is -0.446 e. The molecule has 0 aromatic heterocycles. The van der Waals surface area contributed by atoms with Crippen LogP contribution in [0, 0.1) is 5.92 Å². The highest BCUT2D eigenvalue weighted by molar-refractivity contribution is 6.19. The molecule has 0 saturated carbocycles. The fourth-order valence-corrected chi connectivity index (χ4v) is 0.384. The molecule has 0 unspecified atom stereocenters. The molecule has 54 valence electrons.